The van der Waals surface area contributed by atoms with Crippen LogP contribution in [-0.4, -0.2) is 11.7 Å². The van der Waals surface area contributed by atoms with Crippen molar-refractivity contribution in [3.05, 3.63) is 29.8 Å². The number of aliphatic hydroxyl groups excluding tert-OH is 1. The van der Waals surface area contributed by atoms with Crippen LogP contribution in [0.2, 0.25) is 0 Å². The molecule has 1 aliphatic rings. The van der Waals surface area contributed by atoms with E-state index in [1.807, 2.05) is 31.2 Å². The van der Waals surface area contributed by atoms with Crippen molar-refractivity contribution in [2.24, 2.45) is 11.8 Å². The van der Waals surface area contributed by atoms with Crippen LogP contribution in [0.25, 0.3) is 0 Å². The van der Waals surface area contributed by atoms with E-state index >= 15 is 0 Å². The summed E-state index contributed by atoms with van der Waals surface area (Å²) in [4.78, 5) is 0. The first-order valence-corrected chi connectivity index (χ1v) is 7.16. The van der Waals surface area contributed by atoms with Gasteiger partial charge in [0.2, 0.25) is 0 Å². The molecule has 3 unspecified atom stereocenters. The molecule has 2 rings (SSSR count). The molecule has 100 valence electrons. The van der Waals surface area contributed by atoms with Crippen molar-refractivity contribution in [3.63, 3.8) is 0 Å². The van der Waals surface area contributed by atoms with Gasteiger partial charge in [0.05, 0.1) is 12.7 Å². The number of hydrogen-bond acceptors (Lipinski definition) is 2. The lowest BCUT2D eigenvalue weighted by molar-refractivity contribution is 0.105. The average Bonchev–Trinajstić information content (AvgIpc) is 2.88. The summed E-state index contributed by atoms with van der Waals surface area (Å²) in [6.45, 7) is 4.87. The first-order chi connectivity index (χ1) is 8.76. The smallest absolute Gasteiger partial charge is 0.125 e. The van der Waals surface area contributed by atoms with E-state index in [0.717, 1.165) is 30.1 Å². The van der Waals surface area contributed by atoms with Crippen molar-refractivity contribution in [3.8, 4) is 5.75 Å². The van der Waals surface area contributed by atoms with Gasteiger partial charge >= 0.3 is 0 Å². The molecule has 0 heterocycles. The van der Waals surface area contributed by atoms with Crippen LogP contribution in [-0.2, 0) is 0 Å². The summed E-state index contributed by atoms with van der Waals surface area (Å²) < 4.78 is 5.61. The zero-order valence-electron chi connectivity index (χ0n) is 11.4. The fourth-order valence-corrected chi connectivity index (χ4v) is 3.04. The number of rotatable bonds is 5. The maximum absolute atomic E-state index is 10.6. The first-order valence-electron chi connectivity index (χ1n) is 7.16. The van der Waals surface area contributed by atoms with Crippen LogP contribution in [0, 0.1) is 11.8 Å². The number of hydrogen-bond donors (Lipinski definition) is 1. The molecule has 0 aliphatic heterocycles. The van der Waals surface area contributed by atoms with Crippen LogP contribution in [0.5, 0.6) is 5.75 Å². The summed E-state index contributed by atoms with van der Waals surface area (Å²) in [7, 11) is 0. The van der Waals surface area contributed by atoms with Crippen molar-refractivity contribution in [1.82, 2.24) is 0 Å². The molecule has 2 heteroatoms. The minimum atomic E-state index is -0.371. The summed E-state index contributed by atoms with van der Waals surface area (Å²) in [5.74, 6) is 2.04. The average molecular weight is 248 g/mol. The molecule has 1 N–H and O–H groups in total. The van der Waals surface area contributed by atoms with Crippen LogP contribution in [0.15, 0.2) is 24.3 Å². The van der Waals surface area contributed by atoms with Crippen LogP contribution in [0.4, 0.5) is 0 Å². The van der Waals surface area contributed by atoms with E-state index in [1.165, 1.54) is 12.8 Å². The second-order valence-electron chi connectivity index (χ2n) is 5.26. The molecule has 1 aromatic carbocycles. The minimum absolute atomic E-state index is 0.371. The molecule has 2 nitrogen and oxygen atoms in total. The number of ether oxygens (including phenoxy) is 1. The molecule has 1 aromatic rings. The van der Waals surface area contributed by atoms with Gasteiger partial charge in [-0.1, -0.05) is 38.0 Å². The van der Waals surface area contributed by atoms with Crippen LogP contribution in [0.3, 0.4) is 0 Å². The standard InChI is InChI=1S/C16H24O2/c1-3-12-9-10-13(11-12)16(17)14-7-5-6-8-15(14)18-4-2/h5-8,12-13,16-17H,3-4,9-11H2,1-2H3. The van der Waals surface area contributed by atoms with E-state index in [0.29, 0.717) is 12.5 Å². The highest BCUT2D eigenvalue weighted by molar-refractivity contribution is 5.35. The van der Waals surface area contributed by atoms with E-state index < -0.39 is 0 Å². The van der Waals surface area contributed by atoms with Crippen LogP contribution in [0.1, 0.15) is 51.2 Å². The number of para-hydroxylation sites is 1. The molecule has 0 radical (unpaired) electrons. The fourth-order valence-electron chi connectivity index (χ4n) is 3.04. The summed E-state index contributed by atoms with van der Waals surface area (Å²) in [6, 6.07) is 7.89. The molecule has 0 saturated heterocycles. The van der Waals surface area contributed by atoms with Crippen molar-refractivity contribution in [1.29, 1.82) is 0 Å². The third-order valence-corrected chi connectivity index (χ3v) is 4.14. The zero-order valence-corrected chi connectivity index (χ0v) is 11.4. The fraction of sp³-hybridized carbons (Fsp3) is 0.625. The van der Waals surface area contributed by atoms with Crippen molar-refractivity contribution in [2.75, 3.05) is 6.61 Å². The zero-order chi connectivity index (χ0) is 13.0. The Balaban J connectivity index is 2.11. The Morgan fingerprint density at radius 2 is 2.06 bits per heavy atom. The van der Waals surface area contributed by atoms with Crippen molar-refractivity contribution >= 4 is 0 Å². The third kappa shape index (κ3) is 2.86. The second-order valence-corrected chi connectivity index (χ2v) is 5.26. The van der Waals surface area contributed by atoms with Gasteiger partial charge in [0.15, 0.2) is 0 Å². The second kappa shape index (κ2) is 6.24. The van der Waals surface area contributed by atoms with E-state index in [2.05, 4.69) is 6.92 Å². The predicted molar refractivity (Wildman–Crippen MR) is 73.7 cm³/mol. The SMILES string of the molecule is CCOc1ccccc1C(O)C1CCC(CC)C1. The van der Waals surface area contributed by atoms with Gasteiger partial charge in [0.25, 0.3) is 0 Å². The summed E-state index contributed by atoms with van der Waals surface area (Å²) >= 11 is 0. The lowest BCUT2D eigenvalue weighted by atomic mass is 9.92. The summed E-state index contributed by atoms with van der Waals surface area (Å²) in [6.07, 6.45) is 4.41. The topological polar surface area (TPSA) is 29.5 Å². The molecule has 18 heavy (non-hydrogen) atoms. The van der Waals surface area contributed by atoms with Gasteiger partial charge < -0.3 is 9.84 Å². The van der Waals surface area contributed by atoms with E-state index in [-0.39, 0.29) is 6.10 Å². The normalized spacial score (nSPS) is 25.1. The van der Waals surface area contributed by atoms with E-state index in [1.54, 1.807) is 0 Å². The van der Waals surface area contributed by atoms with Gasteiger partial charge in [-0.15, -0.1) is 0 Å². The highest BCUT2D eigenvalue weighted by Crippen LogP contribution is 2.42. The molecule has 3 atom stereocenters. The predicted octanol–water partition coefficient (Wildman–Crippen LogP) is 3.95. The van der Waals surface area contributed by atoms with Gasteiger partial charge in [0, 0.05) is 5.56 Å². The maximum atomic E-state index is 10.6. The molecule has 0 amide bonds. The monoisotopic (exact) mass is 248 g/mol. The highest BCUT2D eigenvalue weighted by Gasteiger charge is 2.30. The molecule has 1 aliphatic carbocycles. The lowest BCUT2D eigenvalue weighted by Gasteiger charge is -2.21. The van der Waals surface area contributed by atoms with Gasteiger partial charge in [0.1, 0.15) is 5.75 Å². The van der Waals surface area contributed by atoms with Crippen LogP contribution < -0.4 is 4.74 Å². The van der Waals surface area contributed by atoms with Gasteiger partial charge in [-0.3, -0.25) is 0 Å². The number of aliphatic hydroxyl groups is 1. The minimum Gasteiger partial charge on any atom is -0.493 e. The Labute approximate surface area is 110 Å². The van der Waals surface area contributed by atoms with Crippen molar-refractivity contribution < 1.29 is 9.84 Å². The Kier molecular flexibility index (Phi) is 4.65. The molecule has 0 aromatic heterocycles. The van der Waals surface area contributed by atoms with Gasteiger partial charge in [-0.05, 0) is 37.7 Å². The Morgan fingerprint density at radius 3 is 2.72 bits per heavy atom. The largest absolute Gasteiger partial charge is 0.493 e. The first kappa shape index (κ1) is 13.4. The Bertz CT molecular complexity index is 375. The third-order valence-electron chi connectivity index (χ3n) is 4.14. The summed E-state index contributed by atoms with van der Waals surface area (Å²) in [5.41, 5.74) is 0.959. The van der Waals surface area contributed by atoms with E-state index in [4.69, 9.17) is 4.74 Å². The Morgan fingerprint density at radius 1 is 1.28 bits per heavy atom. The molecular formula is C16H24O2. The number of benzene rings is 1. The van der Waals surface area contributed by atoms with E-state index in [9.17, 15) is 5.11 Å². The summed E-state index contributed by atoms with van der Waals surface area (Å²) in [5, 5.41) is 10.6. The highest BCUT2D eigenvalue weighted by atomic mass is 16.5. The lowest BCUT2D eigenvalue weighted by Crippen LogP contribution is -2.11. The molecule has 0 bridgehead atoms. The van der Waals surface area contributed by atoms with Gasteiger partial charge in [-0.25, -0.2) is 0 Å². The quantitative estimate of drug-likeness (QED) is 0.855. The maximum Gasteiger partial charge on any atom is 0.125 e. The van der Waals surface area contributed by atoms with Gasteiger partial charge in [-0.2, -0.15) is 0 Å². The van der Waals surface area contributed by atoms with Crippen molar-refractivity contribution in [2.45, 2.75) is 45.6 Å². The Hall–Kier alpha value is -1.02. The van der Waals surface area contributed by atoms with Crippen LogP contribution >= 0.6 is 0 Å². The molecular weight excluding hydrogens is 224 g/mol. The molecule has 0 spiro atoms. The molecule has 1 fully saturated rings. The molecule has 1 saturated carbocycles.